The molecule has 1 amide bonds. The fourth-order valence-corrected chi connectivity index (χ4v) is 2.41. The van der Waals surface area contributed by atoms with Gasteiger partial charge in [0.25, 0.3) is 11.6 Å². The summed E-state index contributed by atoms with van der Waals surface area (Å²) >= 11 is 3.41. The first kappa shape index (κ1) is 18.2. The molecule has 8 heteroatoms. The van der Waals surface area contributed by atoms with E-state index in [-0.39, 0.29) is 16.9 Å². The van der Waals surface area contributed by atoms with Crippen molar-refractivity contribution in [1.82, 2.24) is 5.32 Å². The third-order valence-corrected chi connectivity index (χ3v) is 3.98. The first-order chi connectivity index (χ1) is 12.0. The number of hydrogen-bond donors (Lipinski definition) is 2. The Bertz CT molecular complexity index is 874. The second-order valence-corrected chi connectivity index (χ2v) is 5.72. The van der Waals surface area contributed by atoms with Crippen molar-refractivity contribution >= 4 is 33.2 Å². The smallest absolute Gasteiger partial charge is 0.292 e. The van der Waals surface area contributed by atoms with Gasteiger partial charge in [-0.25, -0.2) is 0 Å². The number of nitriles is 1. The highest BCUT2D eigenvalue weighted by Crippen LogP contribution is 2.23. The van der Waals surface area contributed by atoms with Crippen molar-refractivity contribution in [2.75, 3.05) is 5.32 Å². The number of nitrogens with one attached hydrogen (secondary N) is 2. The van der Waals surface area contributed by atoms with Gasteiger partial charge in [0.1, 0.15) is 17.3 Å². The molecule has 0 bridgehead atoms. The maximum absolute atomic E-state index is 12.2. The van der Waals surface area contributed by atoms with Crippen LogP contribution in [0.3, 0.4) is 0 Å². The zero-order valence-electron chi connectivity index (χ0n) is 12.9. The number of hydrogen-bond acceptors (Lipinski definition) is 5. The van der Waals surface area contributed by atoms with Gasteiger partial charge in [-0.05, 0) is 17.7 Å². The van der Waals surface area contributed by atoms with Crippen molar-refractivity contribution in [3.63, 3.8) is 0 Å². The maximum atomic E-state index is 12.2. The SMILES string of the molecule is N#C/C(=C/NCc1ccccc1Br)C(=O)Nc1ccccc1[N+](=O)[O-]. The van der Waals surface area contributed by atoms with Crippen LogP contribution in [0.5, 0.6) is 0 Å². The highest BCUT2D eigenvalue weighted by molar-refractivity contribution is 9.10. The predicted octanol–water partition coefficient (Wildman–Crippen LogP) is 3.49. The van der Waals surface area contributed by atoms with Crippen LogP contribution in [0.25, 0.3) is 0 Å². The lowest BCUT2D eigenvalue weighted by Crippen LogP contribution is -2.17. The van der Waals surface area contributed by atoms with Crippen LogP contribution < -0.4 is 10.6 Å². The first-order valence-corrected chi connectivity index (χ1v) is 7.94. The van der Waals surface area contributed by atoms with Gasteiger partial charge in [-0.1, -0.05) is 46.3 Å². The van der Waals surface area contributed by atoms with Crippen molar-refractivity contribution in [3.05, 3.63) is 80.5 Å². The molecule has 0 aliphatic rings. The Kier molecular flexibility index (Phi) is 6.26. The van der Waals surface area contributed by atoms with Crippen LogP contribution in [0.2, 0.25) is 0 Å². The zero-order valence-corrected chi connectivity index (χ0v) is 14.5. The summed E-state index contributed by atoms with van der Waals surface area (Å²) in [5.41, 5.74) is 0.555. The Morgan fingerprint density at radius 3 is 2.60 bits per heavy atom. The third-order valence-electron chi connectivity index (χ3n) is 3.21. The van der Waals surface area contributed by atoms with Crippen LogP contribution in [-0.4, -0.2) is 10.8 Å². The number of nitro benzene ring substituents is 1. The number of carbonyl (C=O) groups excluding carboxylic acids is 1. The normalized spacial score (nSPS) is 10.6. The summed E-state index contributed by atoms with van der Waals surface area (Å²) < 4.78 is 0.902. The Morgan fingerprint density at radius 2 is 1.92 bits per heavy atom. The van der Waals surface area contributed by atoms with E-state index >= 15 is 0 Å². The Labute approximate surface area is 152 Å². The van der Waals surface area contributed by atoms with E-state index in [0.717, 1.165) is 10.0 Å². The Hall–Kier alpha value is -3.18. The van der Waals surface area contributed by atoms with Crippen LogP contribution >= 0.6 is 15.9 Å². The molecule has 126 valence electrons. The summed E-state index contributed by atoms with van der Waals surface area (Å²) in [4.78, 5) is 22.5. The summed E-state index contributed by atoms with van der Waals surface area (Å²) in [6.07, 6.45) is 1.28. The Morgan fingerprint density at radius 1 is 1.24 bits per heavy atom. The minimum Gasteiger partial charge on any atom is -0.386 e. The van der Waals surface area contributed by atoms with E-state index in [4.69, 9.17) is 5.26 Å². The van der Waals surface area contributed by atoms with Gasteiger partial charge in [-0.2, -0.15) is 5.26 Å². The molecule has 2 N–H and O–H groups in total. The molecule has 2 aromatic rings. The number of anilines is 1. The maximum Gasteiger partial charge on any atom is 0.292 e. The average molecular weight is 401 g/mol. The quantitative estimate of drug-likeness (QED) is 0.333. The number of rotatable bonds is 6. The summed E-state index contributed by atoms with van der Waals surface area (Å²) in [6, 6.07) is 15.0. The molecule has 0 saturated heterocycles. The van der Waals surface area contributed by atoms with Crippen LogP contribution in [-0.2, 0) is 11.3 Å². The van der Waals surface area contributed by atoms with Gasteiger partial charge in [0.15, 0.2) is 0 Å². The third kappa shape index (κ3) is 4.89. The fourth-order valence-electron chi connectivity index (χ4n) is 1.98. The number of nitro groups is 1. The molecule has 0 heterocycles. The van der Waals surface area contributed by atoms with Crippen LogP contribution in [0.1, 0.15) is 5.56 Å². The van der Waals surface area contributed by atoms with Gasteiger partial charge < -0.3 is 10.6 Å². The highest BCUT2D eigenvalue weighted by atomic mass is 79.9. The molecule has 0 spiro atoms. The number of para-hydroxylation sites is 2. The van der Waals surface area contributed by atoms with E-state index in [1.807, 2.05) is 24.3 Å². The molecule has 0 radical (unpaired) electrons. The van der Waals surface area contributed by atoms with E-state index < -0.39 is 10.8 Å². The van der Waals surface area contributed by atoms with Crippen molar-refractivity contribution < 1.29 is 9.72 Å². The van der Waals surface area contributed by atoms with Crippen molar-refractivity contribution in [2.45, 2.75) is 6.54 Å². The lowest BCUT2D eigenvalue weighted by Gasteiger charge is -2.06. The van der Waals surface area contributed by atoms with Crippen molar-refractivity contribution in [3.8, 4) is 6.07 Å². The number of nitrogens with zero attached hydrogens (tertiary/aromatic N) is 2. The van der Waals surface area contributed by atoms with Crippen LogP contribution in [0.15, 0.2) is 64.8 Å². The first-order valence-electron chi connectivity index (χ1n) is 7.14. The number of amides is 1. The molecule has 2 aromatic carbocycles. The minimum absolute atomic E-state index is 0.0319. The molecule has 0 saturated carbocycles. The zero-order chi connectivity index (χ0) is 18.2. The minimum atomic E-state index is -0.726. The van der Waals surface area contributed by atoms with E-state index in [2.05, 4.69) is 26.6 Å². The second kappa shape index (κ2) is 8.61. The summed E-state index contributed by atoms with van der Waals surface area (Å²) in [5.74, 6) is -0.726. The van der Waals surface area contributed by atoms with Gasteiger partial charge in [-0.3, -0.25) is 14.9 Å². The molecule has 0 aliphatic heterocycles. The van der Waals surface area contributed by atoms with E-state index in [1.54, 1.807) is 12.1 Å². The topological polar surface area (TPSA) is 108 Å². The van der Waals surface area contributed by atoms with Gasteiger partial charge in [0.2, 0.25) is 0 Å². The average Bonchev–Trinajstić information content (AvgIpc) is 2.60. The van der Waals surface area contributed by atoms with Gasteiger partial charge in [0.05, 0.1) is 4.92 Å². The van der Waals surface area contributed by atoms with Crippen LogP contribution in [0.4, 0.5) is 11.4 Å². The molecular weight excluding hydrogens is 388 g/mol. The summed E-state index contributed by atoms with van der Waals surface area (Å²) in [5, 5.41) is 25.4. The number of halogens is 1. The van der Waals surface area contributed by atoms with Crippen molar-refractivity contribution in [2.24, 2.45) is 0 Å². The number of benzene rings is 2. The standard InChI is InChI=1S/C17H13BrN4O3/c18-14-6-2-1-5-12(14)10-20-11-13(9-19)17(23)21-15-7-3-4-8-16(15)22(24)25/h1-8,11,20H,10H2,(H,21,23)/b13-11-. The molecule has 0 aromatic heterocycles. The molecule has 0 unspecified atom stereocenters. The molecular formula is C17H13BrN4O3. The molecule has 0 fully saturated rings. The van der Waals surface area contributed by atoms with E-state index in [1.165, 1.54) is 24.4 Å². The van der Waals surface area contributed by atoms with Gasteiger partial charge in [0, 0.05) is 23.3 Å². The summed E-state index contributed by atoms with van der Waals surface area (Å²) in [7, 11) is 0. The van der Waals surface area contributed by atoms with Gasteiger partial charge in [-0.15, -0.1) is 0 Å². The largest absolute Gasteiger partial charge is 0.386 e. The molecule has 0 atom stereocenters. The fraction of sp³-hybridized carbons (Fsp3) is 0.0588. The second-order valence-electron chi connectivity index (χ2n) is 4.87. The predicted molar refractivity (Wildman–Crippen MR) is 96.4 cm³/mol. The lowest BCUT2D eigenvalue weighted by molar-refractivity contribution is -0.383. The monoisotopic (exact) mass is 400 g/mol. The van der Waals surface area contributed by atoms with Crippen molar-refractivity contribution in [1.29, 1.82) is 5.26 Å². The van der Waals surface area contributed by atoms with Gasteiger partial charge >= 0.3 is 0 Å². The molecule has 0 aliphatic carbocycles. The number of carbonyl (C=O) groups is 1. The van der Waals surface area contributed by atoms with Crippen LogP contribution in [0, 0.1) is 21.4 Å². The molecule has 2 rings (SSSR count). The molecule has 25 heavy (non-hydrogen) atoms. The Balaban J connectivity index is 2.08. The lowest BCUT2D eigenvalue weighted by atomic mass is 10.2. The highest BCUT2D eigenvalue weighted by Gasteiger charge is 2.17. The van der Waals surface area contributed by atoms with E-state index in [9.17, 15) is 14.9 Å². The summed E-state index contributed by atoms with van der Waals surface area (Å²) in [6.45, 7) is 0.408. The van der Waals surface area contributed by atoms with E-state index in [0.29, 0.717) is 6.54 Å². The molecule has 7 nitrogen and oxygen atoms in total.